The molecule has 0 aromatic heterocycles. The molecule has 2 fully saturated rings. The highest BCUT2D eigenvalue weighted by molar-refractivity contribution is 4.97. The van der Waals surface area contributed by atoms with Crippen molar-refractivity contribution >= 4 is 0 Å². The van der Waals surface area contributed by atoms with E-state index in [4.69, 9.17) is 14.2 Å². The Morgan fingerprint density at radius 2 is 2.06 bits per heavy atom. The first kappa shape index (κ1) is 12.3. The number of likely N-dealkylation sites (N-methyl/N-ethyl adjacent to an activating group) is 1. The van der Waals surface area contributed by atoms with E-state index in [0.717, 1.165) is 39.1 Å². The second-order valence-corrected chi connectivity index (χ2v) is 4.54. The summed E-state index contributed by atoms with van der Waals surface area (Å²) in [6, 6.07) is 0.463. The Labute approximate surface area is 97.6 Å². The van der Waals surface area contributed by atoms with Crippen LogP contribution in [0.25, 0.3) is 0 Å². The third kappa shape index (κ3) is 2.74. The maximum Gasteiger partial charge on any atom is 0.0990 e. The SMILES string of the molecule is CCOC1C(NC)CC1OC1CCOCC1. The first-order valence-corrected chi connectivity index (χ1v) is 6.37. The number of hydrogen-bond acceptors (Lipinski definition) is 4. The summed E-state index contributed by atoms with van der Waals surface area (Å²) < 4.78 is 17.1. The molecule has 0 bridgehead atoms. The van der Waals surface area contributed by atoms with Gasteiger partial charge in [-0.1, -0.05) is 0 Å². The molecule has 1 aliphatic carbocycles. The highest BCUT2D eigenvalue weighted by atomic mass is 16.6. The van der Waals surface area contributed by atoms with E-state index in [0.29, 0.717) is 12.1 Å². The molecule has 4 heteroatoms. The van der Waals surface area contributed by atoms with Crippen LogP contribution in [0.4, 0.5) is 0 Å². The normalized spacial score (nSPS) is 36.0. The summed E-state index contributed by atoms with van der Waals surface area (Å²) in [6.07, 6.45) is 4.01. The summed E-state index contributed by atoms with van der Waals surface area (Å²) in [5.74, 6) is 0. The fourth-order valence-corrected chi connectivity index (χ4v) is 2.47. The van der Waals surface area contributed by atoms with Gasteiger partial charge in [-0.15, -0.1) is 0 Å². The summed E-state index contributed by atoms with van der Waals surface area (Å²) >= 11 is 0. The lowest BCUT2D eigenvalue weighted by Gasteiger charge is -2.45. The average Bonchev–Trinajstić information content (AvgIpc) is 2.32. The molecule has 0 radical (unpaired) electrons. The Morgan fingerprint density at radius 3 is 2.69 bits per heavy atom. The van der Waals surface area contributed by atoms with Gasteiger partial charge in [-0.05, 0) is 33.2 Å². The van der Waals surface area contributed by atoms with Crippen LogP contribution >= 0.6 is 0 Å². The smallest absolute Gasteiger partial charge is 0.0990 e. The van der Waals surface area contributed by atoms with Gasteiger partial charge in [-0.25, -0.2) is 0 Å². The van der Waals surface area contributed by atoms with Crippen molar-refractivity contribution in [3.8, 4) is 0 Å². The highest BCUT2D eigenvalue weighted by Gasteiger charge is 2.43. The van der Waals surface area contributed by atoms with Gasteiger partial charge in [-0.3, -0.25) is 0 Å². The average molecular weight is 229 g/mol. The minimum atomic E-state index is 0.234. The standard InChI is InChI=1S/C12H23NO3/c1-3-15-12-10(13-2)8-11(12)16-9-4-6-14-7-5-9/h9-13H,3-8H2,1-2H3. The van der Waals surface area contributed by atoms with Crippen molar-refractivity contribution in [3.05, 3.63) is 0 Å². The van der Waals surface area contributed by atoms with Crippen LogP contribution in [0.15, 0.2) is 0 Å². The first-order valence-electron chi connectivity index (χ1n) is 6.37. The van der Waals surface area contributed by atoms with Crippen LogP contribution < -0.4 is 5.32 Å². The van der Waals surface area contributed by atoms with Crippen molar-refractivity contribution < 1.29 is 14.2 Å². The fraction of sp³-hybridized carbons (Fsp3) is 1.00. The molecule has 94 valence electrons. The molecule has 2 aliphatic rings. The Morgan fingerprint density at radius 1 is 1.31 bits per heavy atom. The molecule has 1 N–H and O–H groups in total. The third-order valence-corrected chi connectivity index (χ3v) is 3.51. The highest BCUT2D eigenvalue weighted by Crippen LogP contribution is 2.29. The number of hydrogen-bond donors (Lipinski definition) is 1. The van der Waals surface area contributed by atoms with Gasteiger partial charge < -0.3 is 19.5 Å². The van der Waals surface area contributed by atoms with Crippen LogP contribution in [0.5, 0.6) is 0 Å². The molecule has 4 nitrogen and oxygen atoms in total. The lowest BCUT2D eigenvalue weighted by Crippen LogP contribution is -2.60. The molecule has 0 spiro atoms. The topological polar surface area (TPSA) is 39.7 Å². The van der Waals surface area contributed by atoms with Gasteiger partial charge in [0.15, 0.2) is 0 Å². The predicted octanol–water partition coefficient (Wildman–Crippen LogP) is 0.947. The zero-order chi connectivity index (χ0) is 11.4. The van der Waals surface area contributed by atoms with Gasteiger partial charge in [0.25, 0.3) is 0 Å². The Bertz CT molecular complexity index is 206. The number of ether oxygens (including phenoxy) is 3. The Balaban J connectivity index is 1.76. The summed E-state index contributed by atoms with van der Waals surface area (Å²) in [5, 5.41) is 3.27. The van der Waals surface area contributed by atoms with E-state index in [9.17, 15) is 0 Å². The van der Waals surface area contributed by atoms with Crippen molar-refractivity contribution in [2.45, 2.75) is 50.5 Å². The third-order valence-electron chi connectivity index (χ3n) is 3.51. The summed E-state index contributed by atoms with van der Waals surface area (Å²) in [5.41, 5.74) is 0. The number of nitrogens with one attached hydrogen (secondary N) is 1. The molecule has 3 atom stereocenters. The van der Waals surface area contributed by atoms with E-state index in [-0.39, 0.29) is 12.2 Å². The molecular weight excluding hydrogens is 206 g/mol. The zero-order valence-electron chi connectivity index (χ0n) is 10.3. The van der Waals surface area contributed by atoms with Crippen molar-refractivity contribution in [2.75, 3.05) is 26.9 Å². The second-order valence-electron chi connectivity index (χ2n) is 4.54. The Kier molecular flexibility index (Phi) is 4.58. The summed E-state index contributed by atoms with van der Waals surface area (Å²) in [7, 11) is 1.99. The van der Waals surface area contributed by atoms with Gasteiger partial charge in [0.05, 0.1) is 18.3 Å². The maximum absolute atomic E-state index is 6.08. The lowest BCUT2D eigenvalue weighted by molar-refractivity contribution is -0.177. The minimum absolute atomic E-state index is 0.234. The van der Waals surface area contributed by atoms with E-state index < -0.39 is 0 Å². The molecule has 0 amide bonds. The van der Waals surface area contributed by atoms with Crippen molar-refractivity contribution in [1.82, 2.24) is 5.32 Å². The molecule has 0 aromatic carbocycles. The van der Waals surface area contributed by atoms with E-state index >= 15 is 0 Å². The monoisotopic (exact) mass is 229 g/mol. The maximum atomic E-state index is 6.08. The molecule has 3 unspecified atom stereocenters. The van der Waals surface area contributed by atoms with Crippen LogP contribution in [-0.2, 0) is 14.2 Å². The molecule has 0 aromatic rings. The lowest BCUT2D eigenvalue weighted by atomic mass is 9.85. The van der Waals surface area contributed by atoms with Gasteiger partial charge in [-0.2, -0.15) is 0 Å². The van der Waals surface area contributed by atoms with Crippen LogP contribution in [-0.4, -0.2) is 51.2 Å². The molecule has 1 aliphatic heterocycles. The molecule has 1 heterocycles. The predicted molar refractivity (Wildman–Crippen MR) is 61.6 cm³/mol. The fourth-order valence-electron chi connectivity index (χ4n) is 2.47. The quantitative estimate of drug-likeness (QED) is 0.762. The van der Waals surface area contributed by atoms with E-state index in [1.807, 2.05) is 14.0 Å². The molecule has 1 saturated heterocycles. The van der Waals surface area contributed by atoms with E-state index in [2.05, 4.69) is 5.32 Å². The van der Waals surface area contributed by atoms with Gasteiger partial charge in [0.1, 0.15) is 0 Å². The van der Waals surface area contributed by atoms with Crippen molar-refractivity contribution in [3.63, 3.8) is 0 Å². The Hall–Kier alpha value is -0.160. The van der Waals surface area contributed by atoms with Crippen molar-refractivity contribution in [1.29, 1.82) is 0 Å². The minimum Gasteiger partial charge on any atom is -0.381 e. The van der Waals surface area contributed by atoms with Crippen LogP contribution in [0, 0.1) is 0 Å². The molecular formula is C12H23NO3. The number of rotatable bonds is 5. The molecule has 2 rings (SSSR count). The zero-order valence-corrected chi connectivity index (χ0v) is 10.3. The van der Waals surface area contributed by atoms with Crippen molar-refractivity contribution in [2.24, 2.45) is 0 Å². The second kappa shape index (κ2) is 5.96. The first-order chi connectivity index (χ1) is 7.85. The van der Waals surface area contributed by atoms with E-state index in [1.54, 1.807) is 0 Å². The van der Waals surface area contributed by atoms with Crippen LogP contribution in [0.3, 0.4) is 0 Å². The van der Waals surface area contributed by atoms with Gasteiger partial charge in [0, 0.05) is 25.9 Å². The largest absolute Gasteiger partial charge is 0.381 e. The molecule has 1 saturated carbocycles. The molecule has 16 heavy (non-hydrogen) atoms. The van der Waals surface area contributed by atoms with Gasteiger partial charge in [0.2, 0.25) is 0 Å². The summed E-state index contributed by atoms with van der Waals surface area (Å²) in [4.78, 5) is 0. The van der Waals surface area contributed by atoms with Crippen LogP contribution in [0.1, 0.15) is 26.2 Å². The van der Waals surface area contributed by atoms with E-state index in [1.165, 1.54) is 0 Å². The van der Waals surface area contributed by atoms with Crippen LogP contribution in [0.2, 0.25) is 0 Å². The van der Waals surface area contributed by atoms with Gasteiger partial charge >= 0.3 is 0 Å². The summed E-state index contributed by atoms with van der Waals surface area (Å²) in [6.45, 7) is 4.48.